The topological polar surface area (TPSA) is 100 Å². The molecule has 0 radical (unpaired) electrons. The van der Waals surface area contributed by atoms with E-state index in [0.717, 1.165) is 0 Å². The molecule has 32 heavy (non-hydrogen) atoms. The molecular weight excluding hydrogens is 427 g/mol. The maximum atomic E-state index is 13.2. The SMILES string of the molecule is COCCOc1ccc(C(=O)NN(CC(C)(C)C)c2cc(C(F)(F)F)nc(C#N)n2)cc1. The number of halogens is 3. The molecule has 0 saturated carbocycles. The van der Waals surface area contributed by atoms with E-state index in [-0.39, 0.29) is 17.9 Å². The van der Waals surface area contributed by atoms with E-state index < -0.39 is 29.0 Å². The zero-order valence-electron chi connectivity index (χ0n) is 18.2. The summed E-state index contributed by atoms with van der Waals surface area (Å²) in [4.78, 5) is 19.9. The smallest absolute Gasteiger partial charge is 0.433 e. The van der Waals surface area contributed by atoms with Gasteiger partial charge in [-0.25, -0.2) is 4.98 Å². The van der Waals surface area contributed by atoms with E-state index in [2.05, 4.69) is 15.4 Å². The number of ether oxygens (including phenoxy) is 2. The Morgan fingerprint density at radius 2 is 1.81 bits per heavy atom. The number of anilines is 1. The lowest BCUT2D eigenvalue weighted by Crippen LogP contribution is -2.47. The van der Waals surface area contributed by atoms with Crippen LogP contribution in [0.5, 0.6) is 5.75 Å². The summed E-state index contributed by atoms with van der Waals surface area (Å²) in [6.07, 6.45) is -4.78. The average Bonchev–Trinajstić information content (AvgIpc) is 2.72. The zero-order valence-corrected chi connectivity index (χ0v) is 18.2. The van der Waals surface area contributed by atoms with Crippen LogP contribution in [0.3, 0.4) is 0 Å². The van der Waals surface area contributed by atoms with E-state index in [1.165, 1.54) is 23.2 Å². The van der Waals surface area contributed by atoms with Crippen molar-refractivity contribution in [2.75, 3.05) is 31.9 Å². The number of amides is 1. The van der Waals surface area contributed by atoms with Gasteiger partial charge in [0.05, 0.1) is 6.61 Å². The first-order valence-corrected chi connectivity index (χ1v) is 9.59. The molecular formula is C21H24F3N5O3. The van der Waals surface area contributed by atoms with Gasteiger partial charge in [-0.15, -0.1) is 0 Å². The Kier molecular flexibility index (Phi) is 7.99. The maximum absolute atomic E-state index is 13.2. The van der Waals surface area contributed by atoms with Crippen molar-refractivity contribution in [2.45, 2.75) is 26.9 Å². The quantitative estimate of drug-likeness (QED) is 0.484. The number of aromatic nitrogens is 2. The van der Waals surface area contributed by atoms with Crippen molar-refractivity contribution in [3.8, 4) is 11.8 Å². The number of nitrogens with one attached hydrogen (secondary N) is 1. The molecule has 0 aliphatic carbocycles. The van der Waals surface area contributed by atoms with Crippen molar-refractivity contribution in [3.63, 3.8) is 0 Å². The van der Waals surface area contributed by atoms with Crippen molar-refractivity contribution in [1.82, 2.24) is 15.4 Å². The Morgan fingerprint density at radius 1 is 1.16 bits per heavy atom. The lowest BCUT2D eigenvalue weighted by atomic mass is 9.96. The molecule has 0 aliphatic heterocycles. The lowest BCUT2D eigenvalue weighted by Gasteiger charge is -2.31. The first kappa shape index (κ1) is 24.9. The van der Waals surface area contributed by atoms with Crippen molar-refractivity contribution in [1.29, 1.82) is 5.26 Å². The average molecular weight is 451 g/mol. The molecule has 2 rings (SSSR count). The number of alkyl halides is 3. The number of hydrogen-bond donors (Lipinski definition) is 1. The number of carbonyl (C=O) groups excluding carboxylic acids is 1. The zero-order chi connectivity index (χ0) is 23.9. The largest absolute Gasteiger partial charge is 0.491 e. The molecule has 1 amide bonds. The van der Waals surface area contributed by atoms with Crippen LogP contribution in [0.1, 0.15) is 42.6 Å². The summed E-state index contributed by atoms with van der Waals surface area (Å²) >= 11 is 0. The fourth-order valence-corrected chi connectivity index (χ4v) is 2.55. The first-order chi connectivity index (χ1) is 14.9. The lowest BCUT2D eigenvalue weighted by molar-refractivity contribution is -0.141. The standard InChI is InChI=1S/C21H24F3N5O3/c1-20(2,3)13-29(18-11-16(21(22,23)24)26-17(12-25)27-18)28-19(30)14-5-7-15(8-6-14)32-10-9-31-4/h5-8,11H,9-10,13H2,1-4H3,(H,28,30). The van der Waals surface area contributed by atoms with Crippen molar-refractivity contribution < 1.29 is 27.4 Å². The third-order valence-corrected chi connectivity index (χ3v) is 3.92. The van der Waals surface area contributed by atoms with Gasteiger partial charge < -0.3 is 9.47 Å². The number of benzene rings is 1. The molecule has 11 heteroatoms. The fraction of sp³-hybridized carbons (Fsp3) is 0.429. The molecule has 1 N–H and O–H groups in total. The second kappa shape index (κ2) is 10.3. The Labute approximate surface area is 183 Å². The summed E-state index contributed by atoms with van der Waals surface area (Å²) in [6.45, 7) is 6.40. The van der Waals surface area contributed by atoms with Gasteiger partial charge in [-0.2, -0.15) is 23.4 Å². The predicted molar refractivity (Wildman–Crippen MR) is 110 cm³/mol. The Morgan fingerprint density at radius 3 is 2.34 bits per heavy atom. The summed E-state index contributed by atoms with van der Waals surface area (Å²) < 4.78 is 50.1. The molecule has 1 aromatic carbocycles. The molecule has 0 atom stereocenters. The molecule has 172 valence electrons. The van der Waals surface area contributed by atoms with Crippen molar-refractivity contribution in [2.24, 2.45) is 5.41 Å². The molecule has 1 heterocycles. The van der Waals surface area contributed by atoms with Crippen molar-refractivity contribution >= 4 is 11.7 Å². The highest BCUT2D eigenvalue weighted by atomic mass is 19.4. The number of hydrazine groups is 1. The summed E-state index contributed by atoms with van der Waals surface area (Å²) in [5, 5.41) is 10.2. The van der Waals surface area contributed by atoms with E-state index in [4.69, 9.17) is 14.7 Å². The Hall–Kier alpha value is -3.39. The van der Waals surface area contributed by atoms with Crippen LogP contribution in [0.25, 0.3) is 0 Å². The summed E-state index contributed by atoms with van der Waals surface area (Å²) in [7, 11) is 1.55. The van der Waals surface area contributed by atoms with Crippen LogP contribution in [0.2, 0.25) is 0 Å². The monoisotopic (exact) mass is 451 g/mol. The third-order valence-electron chi connectivity index (χ3n) is 3.92. The van der Waals surface area contributed by atoms with Gasteiger partial charge in [0, 0.05) is 25.3 Å². The number of carbonyl (C=O) groups is 1. The van der Waals surface area contributed by atoms with Gasteiger partial charge in [-0.3, -0.25) is 15.2 Å². The highest BCUT2D eigenvalue weighted by molar-refractivity contribution is 5.95. The van der Waals surface area contributed by atoms with E-state index in [9.17, 15) is 18.0 Å². The van der Waals surface area contributed by atoms with E-state index >= 15 is 0 Å². The number of nitriles is 1. The second-order valence-electron chi connectivity index (χ2n) is 8.00. The molecule has 0 fully saturated rings. The molecule has 0 aliphatic rings. The second-order valence-corrected chi connectivity index (χ2v) is 8.00. The van der Waals surface area contributed by atoms with Crippen LogP contribution in [0.15, 0.2) is 30.3 Å². The minimum absolute atomic E-state index is 0.121. The van der Waals surface area contributed by atoms with Gasteiger partial charge in [0.2, 0.25) is 5.82 Å². The van der Waals surface area contributed by atoms with Gasteiger partial charge in [-0.05, 0) is 29.7 Å². The number of hydrogen-bond acceptors (Lipinski definition) is 7. The molecule has 8 nitrogen and oxygen atoms in total. The molecule has 0 bridgehead atoms. The van der Waals surface area contributed by atoms with Gasteiger partial charge in [0.25, 0.3) is 5.91 Å². The number of methoxy groups -OCH3 is 1. The molecule has 1 aromatic heterocycles. The van der Waals surface area contributed by atoms with E-state index in [1.54, 1.807) is 19.2 Å². The predicted octanol–water partition coefficient (Wildman–Crippen LogP) is 3.59. The summed E-state index contributed by atoms with van der Waals surface area (Å²) in [6, 6.07) is 8.46. The first-order valence-electron chi connectivity index (χ1n) is 9.59. The molecule has 0 spiro atoms. The Balaban J connectivity index is 2.30. The van der Waals surface area contributed by atoms with Crippen LogP contribution in [0, 0.1) is 16.7 Å². The minimum atomic E-state index is -4.78. The molecule has 0 unspecified atom stereocenters. The number of nitrogens with zero attached hydrogens (tertiary/aromatic N) is 4. The third kappa shape index (κ3) is 7.39. The number of rotatable bonds is 8. The van der Waals surface area contributed by atoms with E-state index in [1.807, 2.05) is 20.8 Å². The van der Waals surface area contributed by atoms with Crippen LogP contribution in [-0.4, -0.2) is 42.7 Å². The van der Waals surface area contributed by atoms with Gasteiger partial charge in [0.1, 0.15) is 18.4 Å². The van der Waals surface area contributed by atoms with Crippen molar-refractivity contribution in [3.05, 3.63) is 47.4 Å². The highest BCUT2D eigenvalue weighted by Crippen LogP contribution is 2.30. The van der Waals surface area contributed by atoms with Crippen LogP contribution >= 0.6 is 0 Å². The Bertz CT molecular complexity index is 967. The van der Waals surface area contributed by atoms with Gasteiger partial charge in [0.15, 0.2) is 11.5 Å². The van der Waals surface area contributed by atoms with Crippen LogP contribution < -0.4 is 15.2 Å². The maximum Gasteiger partial charge on any atom is 0.433 e. The van der Waals surface area contributed by atoms with Crippen LogP contribution in [0.4, 0.5) is 19.0 Å². The summed E-state index contributed by atoms with van der Waals surface area (Å²) in [5.74, 6) is -0.926. The van der Waals surface area contributed by atoms with Crippen LogP contribution in [-0.2, 0) is 10.9 Å². The van der Waals surface area contributed by atoms with Gasteiger partial charge in [-0.1, -0.05) is 20.8 Å². The minimum Gasteiger partial charge on any atom is -0.491 e. The van der Waals surface area contributed by atoms with E-state index in [0.29, 0.717) is 25.0 Å². The highest BCUT2D eigenvalue weighted by Gasteiger charge is 2.35. The molecule has 2 aromatic rings. The summed E-state index contributed by atoms with van der Waals surface area (Å²) in [5.41, 5.74) is 1.13. The molecule has 0 saturated heterocycles. The normalized spacial score (nSPS) is 11.6. The fourth-order valence-electron chi connectivity index (χ4n) is 2.55. The van der Waals surface area contributed by atoms with Gasteiger partial charge >= 0.3 is 6.18 Å².